The molecule has 2 aliphatic rings. The summed E-state index contributed by atoms with van der Waals surface area (Å²) in [7, 11) is 0. The molecule has 5 rings (SSSR count). The fourth-order valence-corrected chi connectivity index (χ4v) is 5.68. The van der Waals surface area contributed by atoms with Gasteiger partial charge in [0, 0.05) is 58.2 Å². The average Bonchev–Trinajstić information content (AvgIpc) is 3.34. The highest BCUT2D eigenvalue weighted by atomic mass is 79.9. The van der Waals surface area contributed by atoms with E-state index in [1.165, 1.54) is 0 Å². The van der Waals surface area contributed by atoms with Gasteiger partial charge in [-0.3, -0.25) is 4.79 Å². The summed E-state index contributed by atoms with van der Waals surface area (Å²) < 4.78 is 18.7. The van der Waals surface area contributed by atoms with Gasteiger partial charge in [-0.1, -0.05) is 57.3 Å². The molecule has 40 heavy (non-hydrogen) atoms. The molecule has 0 unspecified atom stereocenters. The number of hydrogen-bond donors (Lipinski definition) is 1. The van der Waals surface area contributed by atoms with Crippen LogP contribution < -0.4 is 4.74 Å². The van der Waals surface area contributed by atoms with Crippen LogP contribution in [0.4, 0.5) is 0 Å². The molecule has 3 aromatic rings. The average molecular weight is 648 g/mol. The molecule has 2 aliphatic heterocycles. The number of morpholine rings is 1. The summed E-state index contributed by atoms with van der Waals surface area (Å²) in [4.78, 5) is 21.4. The van der Waals surface area contributed by atoms with E-state index in [-0.39, 0.29) is 12.5 Å². The normalized spacial score (nSPS) is 20.6. The molecular weight excluding hydrogens is 619 g/mol. The third-order valence-corrected chi connectivity index (χ3v) is 8.03. The molecule has 0 aromatic heterocycles. The van der Waals surface area contributed by atoms with E-state index in [0.29, 0.717) is 78.6 Å². The second kappa shape index (κ2) is 12.9. The van der Waals surface area contributed by atoms with Crippen molar-refractivity contribution in [2.45, 2.75) is 24.5 Å². The number of hydrogen-bond acceptors (Lipinski definition) is 6. The SMILES string of the molecule is O=C(N1CCOCC1)[C@]1(Cc2ccc(Br)cc2)N=C(c2ccc(OCCCO)cc2)O[C@@H]1c1ccc(Cl)cc1Cl. The van der Waals surface area contributed by atoms with Gasteiger partial charge in [-0.05, 0) is 54.1 Å². The molecular formula is C30H29BrCl2N2O5. The highest BCUT2D eigenvalue weighted by Crippen LogP contribution is 2.46. The molecule has 0 saturated carbocycles. The van der Waals surface area contributed by atoms with E-state index in [1.54, 1.807) is 23.1 Å². The van der Waals surface area contributed by atoms with Gasteiger partial charge in [-0.25, -0.2) is 4.99 Å². The van der Waals surface area contributed by atoms with Crippen LogP contribution in [0.25, 0.3) is 0 Å². The fourth-order valence-electron chi connectivity index (χ4n) is 4.91. The molecule has 1 saturated heterocycles. The van der Waals surface area contributed by atoms with Gasteiger partial charge in [0.05, 0.1) is 19.8 Å². The number of carbonyl (C=O) groups is 1. The van der Waals surface area contributed by atoms with Crippen LogP contribution in [0.15, 0.2) is 76.2 Å². The lowest BCUT2D eigenvalue weighted by molar-refractivity contribution is -0.143. The summed E-state index contributed by atoms with van der Waals surface area (Å²) in [5.41, 5.74) is 0.944. The highest BCUT2D eigenvalue weighted by Gasteiger charge is 2.55. The van der Waals surface area contributed by atoms with E-state index in [4.69, 9.17) is 47.5 Å². The molecule has 2 atom stereocenters. The Morgan fingerprint density at radius 1 is 1.07 bits per heavy atom. The molecule has 0 spiro atoms. The molecule has 1 fully saturated rings. The van der Waals surface area contributed by atoms with Gasteiger partial charge in [0.15, 0.2) is 11.6 Å². The van der Waals surface area contributed by atoms with E-state index < -0.39 is 11.6 Å². The van der Waals surface area contributed by atoms with Crippen LogP contribution in [0, 0.1) is 0 Å². The minimum absolute atomic E-state index is 0.0645. The van der Waals surface area contributed by atoms with Crippen molar-refractivity contribution in [1.29, 1.82) is 0 Å². The van der Waals surface area contributed by atoms with Crippen molar-refractivity contribution in [3.63, 3.8) is 0 Å². The van der Waals surface area contributed by atoms with E-state index in [2.05, 4.69) is 15.9 Å². The summed E-state index contributed by atoms with van der Waals surface area (Å²) in [5, 5.41) is 9.91. The zero-order valence-corrected chi connectivity index (χ0v) is 24.8. The molecule has 10 heteroatoms. The first kappa shape index (κ1) is 28.9. The molecule has 0 aliphatic carbocycles. The summed E-state index contributed by atoms with van der Waals surface area (Å²) in [6, 6.07) is 20.4. The minimum Gasteiger partial charge on any atom is -0.494 e. The summed E-state index contributed by atoms with van der Waals surface area (Å²) in [5.74, 6) is 0.865. The molecule has 7 nitrogen and oxygen atoms in total. The lowest BCUT2D eigenvalue weighted by atomic mass is 9.81. The van der Waals surface area contributed by atoms with Crippen LogP contribution in [0.1, 0.15) is 29.2 Å². The zero-order chi connectivity index (χ0) is 28.1. The molecule has 1 amide bonds. The Balaban J connectivity index is 1.60. The van der Waals surface area contributed by atoms with Crippen molar-refractivity contribution < 1.29 is 24.1 Å². The second-order valence-corrected chi connectivity index (χ2v) is 11.4. The maximum atomic E-state index is 14.5. The molecule has 3 aromatic carbocycles. The Morgan fingerprint density at radius 3 is 2.48 bits per heavy atom. The Labute approximate surface area is 251 Å². The van der Waals surface area contributed by atoms with E-state index in [1.807, 2.05) is 48.5 Å². The molecule has 210 valence electrons. The largest absolute Gasteiger partial charge is 0.494 e. The smallest absolute Gasteiger partial charge is 0.255 e. The van der Waals surface area contributed by atoms with Crippen LogP contribution in [0.2, 0.25) is 10.0 Å². The summed E-state index contributed by atoms with van der Waals surface area (Å²) in [6.07, 6.45) is 0.0432. The predicted octanol–water partition coefficient (Wildman–Crippen LogP) is 5.88. The maximum Gasteiger partial charge on any atom is 0.255 e. The van der Waals surface area contributed by atoms with E-state index >= 15 is 0 Å². The van der Waals surface area contributed by atoms with Crippen LogP contribution in [0.5, 0.6) is 5.75 Å². The van der Waals surface area contributed by atoms with Gasteiger partial charge < -0.3 is 24.2 Å². The maximum absolute atomic E-state index is 14.5. The first-order valence-corrected chi connectivity index (χ1v) is 14.6. The number of aliphatic hydroxyl groups is 1. The van der Waals surface area contributed by atoms with E-state index in [9.17, 15) is 4.79 Å². The van der Waals surface area contributed by atoms with Crippen molar-refractivity contribution in [2.24, 2.45) is 4.99 Å². The van der Waals surface area contributed by atoms with Crippen molar-refractivity contribution in [3.05, 3.63) is 97.9 Å². The number of nitrogens with zero attached hydrogens (tertiary/aromatic N) is 2. The lowest BCUT2D eigenvalue weighted by Gasteiger charge is -2.37. The Kier molecular flexibility index (Phi) is 9.33. The monoisotopic (exact) mass is 646 g/mol. The number of aliphatic hydroxyl groups excluding tert-OH is 1. The fraction of sp³-hybridized carbons (Fsp3) is 0.333. The molecule has 0 bridgehead atoms. The van der Waals surface area contributed by atoms with Gasteiger partial charge in [0.1, 0.15) is 5.75 Å². The van der Waals surface area contributed by atoms with Crippen molar-refractivity contribution in [2.75, 3.05) is 39.5 Å². The minimum atomic E-state index is -1.33. The van der Waals surface area contributed by atoms with Gasteiger partial charge in [0.25, 0.3) is 5.91 Å². The van der Waals surface area contributed by atoms with Gasteiger partial charge >= 0.3 is 0 Å². The zero-order valence-electron chi connectivity index (χ0n) is 21.7. The van der Waals surface area contributed by atoms with Crippen LogP contribution >= 0.6 is 39.1 Å². The first-order valence-electron chi connectivity index (χ1n) is 13.1. The first-order chi connectivity index (χ1) is 19.4. The van der Waals surface area contributed by atoms with Crippen LogP contribution in [0.3, 0.4) is 0 Å². The van der Waals surface area contributed by atoms with Crippen molar-refractivity contribution in [3.8, 4) is 5.75 Å². The number of rotatable bonds is 9. The third kappa shape index (κ3) is 6.31. The number of ether oxygens (including phenoxy) is 3. The highest BCUT2D eigenvalue weighted by molar-refractivity contribution is 9.10. The lowest BCUT2D eigenvalue weighted by Crippen LogP contribution is -2.54. The molecule has 1 N–H and O–H groups in total. The van der Waals surface area contributed by atoms with Gasteiger partial charge in [0.2, 0.25) is 5.90 Å². The Hall–Kier alpha value is -2.62. The van der Waals surface area contributed by atoms with Gasteiger partial charge in [-0.15, -0.1) is 0 Å². The quantitative estimate of drug-likeness (QED) is 0.294. The number of benzene rings is 3. The Bertz CT molecular complexity index is 1360. The number of halogens is 3. The molecule has 0 radical (unpaired) electrons. The Morgan fingerprint density at radius 2 is 1.80 bits per heavy atom. The summed E-state index contributed by atoms with van der Waals surface area (Å²) in [6.45, 7) is 2.33. The number of amides is 1. The van der Waals surface area contributed by atoms with Gasteiger partial charge in [-0.2, -0.15) is 0 Å². The van der Waals surface area contributed by atoms with Crippen LogP contribution in [-0.4, -0.2) is 66.9 Å². The summed E-state index contributed by atoms with van der Waals surface area (Å²) >= 11 is 16.5. The standard InChI is InChI=1S/C30H29BrCl2N2O5/c31-22-6-2-20(3-7-22)19-30(29(37)35-12-16-38-17-13-35)27(25-11-8-23(32)18-26(25)33)40-28(34-30)21-4-9-24(10-5-21)39-15-1-14-36/h2-11,18,27,36H,1,12-17,19H2/t27-,30-/m1/s1. The second-order valence-electron chi connectivity index (χ2n) is 9.66. The van der Waals surface area contributed by atoms with Crippen molar-refractivity contribution in [1.82, 2.24) is 4.90 Å². The van der Waals surface area contributed by atoms with Crippen LogP contribution in [-0.2, 0) is 20.7 Å². The number of carbonyl (C=O) groups excluding carboxylic acids is 1. The topological polar surface area (TPSA) is 80.6 Å². The predicted molar refractivity (Wildman–Crippen MR) is 158 cm³/mol. The third-order valence-electron chi connectivity index (χ3n) is 6.94. The van der Waals surface area contributed by atoms with Crippen molar-refractivity contribution >= 4 is 50.9 Å². The number of aliphatic imine (C=N–C) groups is 1. The van der Waals surface area contributed by atoms with E-state index in [0.717, 1.165) is 10.0 Å². The molecule has 2 heterocycles.